The second kappa shape index (κ2) is 8.92. The number of nitrogens with zero attached hydrogens (tertiary/aromatic N) is 1. The minimum Gasteiger partial charge on any atom is -0.310 e. The Labute approximate surface area is 138 Å². The Hall–Kier alpha value is -0.380. The van der Waals surface area contributed by atoms with Gasteiger partial charge in [0.1, 0.15) is 0 Å². The fourth-order valence-electron chi connectivity index (χ4n) is 3.03. The van der Waals surface area contributed by atoms with Gasteiger partial charge in [0.2, 0.25) is 0 Å². The summed E-state index contributed by atoms with van der Waals surface area (Å²) in [4.78, 5) is 2.64. The number of likely N-dealkylation sites (tertiary alicyclic amines) is 1. The van der Waals surface area contributed by atoms with Gasteiger partial charge in [-0.3, -0.25) is 0 Å². The summed E-state index contributed by atoms with van der Waals surface area (Å²) in [5, 5.41) is 3.71. The van der Waals surface area contributed by atoms with Crippen LogP contribution in [-0.2, 0) is 0 Å². The molecule has 0 aromatic heterocycles. The van der Waals surface area contributed by atoms with Gasteiger partial charge in [-0.2, -0.15) is 0 Å². The van der Waals surface area contributed by atoms with Crippen molar-refractivity contribution in [3.8, 4) is 0 Å². The van der Waals surface area contributed by atoms with Crippen LogP contribution in [0.1, 0.15) is 51.1 Å². The zero-order valence-electron chi connectivity index (χ0n) is 13.4. The van der Waals surface area contributed by atoms with Gasteiger partial charge in [0.25, 0.3) is 0 Å². The summed E-state index contributed by atoms with van der Waals surface area (Å²) in [7, 11) is 0. The number of hydrogen-bond donors (Lipinski definition) is 1. The molecule has 1 fully saturated rings. The molecule has 2 rings (SSSR count). The lowest BCUT2D eigenvalue weighted by atomic mass is 9.98. The van der Waals surface area contributed by atoms with Gasteiger partial charge in [-0.1, -0.05) is 41.9 Å². The molecule has 1 aliphatic heterocycles. The van der Waals surface area contributed by atoms with Crippen LogP contribution in [0.3, 0.4) is 0 Å². The van der Waals surface area contributed by atoms with E-state index in [0.717, 1.165) is 12.5 Å². The highest BCUT2D eigenvalue weighted by molar-refractivity contribution is 9.10. The normalized spacial score (nSPS) is 18.8. The Morgan fingerprint density at radius 3 is 2.76 bits per heavy atom. The molecule has 1 aromatic carbocycles. The average Bonchev–Trinajstić information content (AvgIpc) is 2.49. The average molecular weight is 353 g/mol. The van der Waals surface area contributed by atoms with Crippen LogP contribution in [0.15, 0.2) is 28.7 Å². The lowest BCUT2D eigenvalue weighted by molar-refractivity contribution is 0.184. The number of benzene rings is 1. The zero-order valence-corrected chi connectivity index (χ0v) is 15.0. The van der Waals surface area contributed by atoms with E-state index in [1.54, 1.807) is 0 Å². The van der Waals surface area contributed by atoms with Crippen molar-refractivity contribution in [2.45, 2.75) is 45.6 Å². The topological polar surface area (TPSA) is 15.3 Å². The molecule has 1 aromatic rings. The highest BCUT2D eigenvalue weighted by atomic mass is 79.9. The molecule has 1 saturated heterocycles. The predicted molar refractivity (Wildman–Crippen MR) is 94.6 cm³/mol. The third kappa shape index (κ3) is 5.72. The van der Waals surface area contributed by atoms with E-state index >= 15 is 0 Å². The summed E-state index contributed by atoms with van der Waals surface area (Å²) in [5.74, 6) is 0.917. The molecular weight excluding hydrogens is 324 g/mol. The van der Waals surface area contributed by atoms with Crippen LogP contribution < -0.4 is 5.32 Å². The third-order valence-corrected chi connectivity index (χ3v) is 5.00. The predicted octanol–water partition coefficient (Wildman–Crippen LogP) is 4.61. The smallest absolute Gasteiger partial charge is 0.0332 e. The molecule has 0 bridgehead atoms. The Kier molecular flexibility index (Phi) is 7.21. The quantitative estimate of drug-likeness (QED) is 0.770. The van der Waals surface area contributed by atoms with E-state index in [0.29, 0.717) is 6.04 Å². The Bertz CT molecular complexity index is 413. The van der Waals surface area contributed by atoms with Crippen LogP contribution in [0.5, 0.6) is 0 Å². The first-order chi connectivity index (χ1) is 10.2. The van der Waals surface area contributed by atoms with Gasteiger partial charge in [-0.25, -0.2) is 0 Å². The van der Waals surface area contributed by atoms with Gasteiger partial charge >= 0.3 is 0 Å². The second-order valence-corrected chi connectivity index (χ2v) is 7.29. The fraction of sp³-hybridized carbons (Fsp3) is 0.667. The number of piperidine rings is 1. The molecule has 0 amide bonds. The van der Waals surface area contributed by atoms with E-state index in [1.807, 2.05) is 0 Å². The van der Waals surface area contributed by atoms with Gasteiger partial charge in [-0.05, 0) is 75.5 Å². The molecule has 118 valence electrons. The van der Waals surface area contributed by atoms with Gasteiger partial charge in [0.15, 0.2) is 0 Å². The first kappa shape index (κ1) is 17.0. The van der Waals surface area contributed by atoms with E-state index in [9.17, 15) is 0 Å². The van der Waals surface area contributed by atoms with Crippen LogP contribution in [0.4, 0.5) is 0 Å². The van der Waals surface area contributed by atoms with Crippen molar-refractivity contribution >= 4 is 15.9 Å². The largest absolute Gasteiger partial charge is 0.310 e. The molecule has 1 atom stereocenters. The van der Waals surface area contributed by atoms with Crippen molar-refractivity contribution in [3.63, 3.8) is 0 Å². The molecule has 1 heterocycles. The highest BCUT2D eigenvalue weighted by Crippen LogP contribution is 2.23. The summed E-state index contributed by atoms with van der Waals surface area (Å²) < 4.78 is 1.18. The van der Waals surface area contributed by atoms with Crippen molar-refractivity contribution in [3.05, 3.63) is 34.3 Å². The van der Waals surface area contributed by atoms with Gasteiger partial charge < -0.3 is 10.2 Å². The number of halogens is 1. The first-order valence-corrected chi connectivity index (χ1v) is 9.19. The van der Waals surface area contributed by atoms with E-state index in [2.05, 4.69) is 64.3 Å². The highest BCUT2D eigenvalue weighted by Gasteiger charge is 2.18. The van der Waals surface area contributed by atoms with Crippen molar-refractivity contribution in [1.82, 2.24) is 10.2 Å². The summed E-state index contributed by atoms with van der Waals surface area (Å²) in [6.45, 7) is 9.47. The Morgan fingerprint density at radius 1 is 1.33 bits per heavy atom. The molecule has 1 N–H and O–H groups in total. The molecule has 0 spiro atoms. The van der Waals surface area contributed by atoms with E-state index in [4.69, 9.17) is 0 Å². The molecule has 1 unspecified atom stereocenters. The molecular formula is C18H29BrN2. The zero-order chi connectivity index (χ0) is 15.1. The van der Waals surface area contributed by atoms with Crippen LogP contribution in [0.25, 0.3) is 0 Å². The Balaban J connectivity index is 1.90. The first-order valence-electron chi connectivity index (χ1n) is 8.40. The lowest BCUT2D eigenvalue weighted by Gasteiger charge is -2.31. The monoisotopic (exact) mass is 352 g/mol. The molecule has 2 nitrogen and oxygen atoms in total. The maximum absolute atomic E-state index is 3.71. The van der Waals surface area contributed by atoms with Crippen LogP contribution in [0.2, 0.25) is 0 Å². The molecule has 3 heteroatoms. The van der Waals surface area contributed by atoms with Gasteiger partial charge in [0.05, 0.1) is 0 Å². The van der Waals surface area contributed by atoms with Crippen molar-refractivity contribution < 1.29 is 0 Å². The molecule has 0 aliphatic carbocycles. The molecule has 21 heavy (non-hydrogen) atoms. The van der Waals surface area contributed by atoms with E-state index in [1.165, 1.54) is 55.4 Å². The van der Waals surface area contributed by atoms with Crippen molar-refractivity contribution in [2.75, 3.05) is 26.2 Å². The Morgan fingerprint density at radius 2 is 2.10 bits per heavy atom. The summed E-state index contributed by atoms with van der Waals surface area (Å²) >= 11 is 3.59. The van der Waals surface area contributed by atoms with Crippen LogP contribution >= 0.6 is 15.9 Å². The third-order valence-electron chi connectivity index (χ3n) is 4.50. The number of nitrogens with one attached hydrogen (secondary N) is 1. The van der Waals surface area contributed by atoms with Crippen molar-refractivity contribution in [2.24, 2.45) is 5.92 Å². The van der Waals surface area contributed by atoms with Crippen LogP contribution in [0, 0.1) is 5.92 Å². The number of rotatable bonds is 7. The summed E-state index contributed by atoms with van der Waals surface area (Å²) in [5.41, 5.74) is 1.41. The maximum Gasteiger partial charge on any atom is 0.0332 e. The van der Waals surface area contributed by atoms with E-state index in [-0.39, 0.29) is 0 Å². The standard InChI is InChI=1S/C18H29BrN2/c1-3-10-20-18(16-5-4-6-17(19)14-16)9-13-21-11-7-15(2)8-12-21/h4-6,14-15,18,20H,3,7-13H2,1-2H3. The molecule has 0 saturated carbocycles. The fourth-order valence-corrected chi connectivity index (χ4v) is 3.44. The second-order valence-electron chi connectivity index (χ2n) is 6.37. The van der Waals surface area contributed by atoms with E-state index < -0.39 is 0 Å². The van der Waals surface area contributed by atoms with Gasteiger partial charge in [0, 0.05) is 10.5 Å². The summed E-state index contributed by atoms with van der Waals surface area (Å²) in [6.07, 6.45) is 5.12. The molecule has 0 radical (unpaired) electrons. The van der Waals surface area contributed by atoms with Crippen molar-refractivity contribution in [1.29, 1.82) is 0 Å². The van der Waals surface area contributed by atoms with Crippen LogP contribution in [-0.4, -0.2) is 31.1 Å². The van der Waals surface area contributed by atoms with Gasteiger partial charge in [-0.15, -0.1) is 0 Å². The minimum atomic E-state index is 0.474. The number of hydrogen-bond acceptors (Lipinski definition) is 2. The minimum absolute atomic E-state index is 0.474. The summed E-state index contributed by atoms with van der Waals surface area (Å²) in [6, 6.07) is 9.22. The maximum atomic E-state index is 3.71. The SMILES string of the molecule is CCCNC(CCN1CCC(C)CC1)c1cccc(Br)c1. The molecule has 1 aliphatic rings. The lowest BCUT2D eigenvalue weighted by Crippen LogP contribution is -2.35.